The maximum atomic E-state index is 13.1. The number of aromatic nitrogens is 1. The van der Waals surface area contributed by atoms with Gasteiger partial charge in [-0.15, -0.1) is 0 Å². The molecule has 32 heavy (non-hydrogen) atoms. The van der Waals surface area contributed by atoms with Crippen LogP contribution in [0.2, 0.25) is 0 Å². The van der Waals surface area contributed by atoms with Crippen molar-refractivity contribution in [3.05, 3.63) is 70.9 Å². The number of halogens is 1. The van der Waals surface area contributed by atoms with Gasteiger partial charge in [-0.05, 0) is 43.3 Å². The highest BCUT2D eigenvalue weighted by Gasteiger charge is 2.17. The average molecular weight is 438 g/mol. The molecule has 1 aliphatic rings. The van der Waals surface area contributed by atoms with Crippen LogP contribution in [-0.4, -0.2) is 54.8 Å². The summed E-state index contributed by atoms with van der Waals surface area (Å²) in [5, 5.41) is 7.07. The lowest BCUT2D eigenvalue weighted by molar-refractivity contribution is 0.244. The van der Waals surface area contributed by atoms with Crippen molar-refractivity contribution in [1.82, 2.24) is 14.8 Å². The van der Waals surface area contributed by atoms with E-state index in [4.69, 9.17) is 0 Å². The summed E-state index contributed by atoms with van der Waals surface area (Å²) in [6.07, 6.45) is 2.49. The standard InChI is InChI=1S/C24H28FN5O2/c1-28-17-22(20-5-2-3-6-21(20)23(28)31)27-24(32)26-11-4-12-29-13-15-30(16-14-29)19-9-7-18(25)8-10-19/h2-3,5-10,17H,4,11-16H2,1H3,(H2,26,27,32). The molecule has 0 atom stereocenters. The number of anilines is 2. The van der Waals surface area contributed by atoms with Crippen LogP contribution in [0.5, 0.6) is 0 Å². The van der Waals surface area contributed by atoms with Crippen molar-refractivity contribution in [2.75, 3.05) is 49.5 Å². The number of aryl methyl sites for hydroxylation is 1. The molecule has 8 heteroatoms. The molecule has 168 valence electrons. The van der Waals surface area contributed by atoms with Gasteiger partial charge in [-0.1, -0.05) is 18.2 Å². The van der Waals surface area contributed by atoms with Crippen LogP contribution in [0.4, 0.5) is 20.6 Å². The Bertz CT molecular complexity index is 1140. The van der Waals surface area contributed by atoms with E-state index in [2.05, 4.69) is 20.4 Å². The number of piperazine rings is 1. The molecule has 0 unspecified atom stereocenters. The molecule has 1 saturated heterocycles. The van der Waals surface area contributed by atoms with E-state index in [1.165, 1.54) is 16.7 Å². The van der Waals surface area contributed by atoms with Crippen molar-refractivity contribution in [3.8, 4) is 0 Å². The quantitative estimate of drug-likeness (QED) is 0.582. The van der Waals surface area contributed by atoms with Crippen LogP contribution in [0.25, 0.3) is 10.8 Å². The predicted molar refractivity (Wildman–Crippen MR) is 126 cm³/mol. The molecular weight excluding hydrogens is 409 g/mol. The van der Waals surface area contributed by atoms with Crippen LogP contribution in [0.1, 0.15) is 6.42 Å². The van der Waals surface area contributed by atoms with E-state index in [0.29, 0.717) is 17.6 Å². The second-order valence-electron chi connectivity index (χ2n) is 8.04. The van der Waals surface area contributed by atoms with Crippen molar-refractivity contribution in [2.45, 2.75) is 6.42 Å². The first-order valence-electron chi connectivity index (χ1n) is 10.9. The minimum atomic E-state index is -0.282. The molecular formula is C24H28FN5O2. The number of pyridine rings is 1. The van der Waals surface area contributed by atoms with Crippen molar-refractivity contribution in [1.29, 1.82) is 0 Å². The minimum absolute atomic E-state index is 0.0916. The van der Waals surface area contributed by atoms with Crippen molar-refractivity contribution < 1.29 is 9.18 Å². The molecule has 3 aromatic rings. The smallest absolute Gasteiger partial charge is 0.319 e. The number of fused-ring (bicyclic) bond motifs is 1. The van der Waals surface area contributed by atoms with Crippen molar-refractivity contribution in [2.24, 2.45) is 7.05 Å². The number of nitrogens with zero attached hydrogens (tertiary/aromatic N) is 3. The van der Waals surface area contributed by atoms with Gasteiger partial charge in [0.2, 0.25) is 0 Å². The van der Waals surface area contributed by atoms with E-state index < -0.39 is 0 Å². The summed E-state index contributed by atoms with van der Waals surface area (Å²) < 4.78 is 14.6. The van der Waals surface area contributed by atoms with Crippen molar-refractivity contribution in [3.63, 3.8) is 0 Å². The summed E-state index contributed by atoms with van der Waals surface area (Å²) in [5.74, 6) is -0.214. The van der Waals surface area contributed by atoms with E-state index in [1.807, 2.05) is 30.3 Å². The van der Waals surface area contributed by atoms with Gasteiger partial charge in [-0.25, -0.2) is 9.18 Å². The molecule has 1 aromatic heterocycles. The van der Waals surface area contributed by atoms with Gasteiger partial charge < -0.3 is 20.1 Å². The topological polar surface area (TPSA) is 69.6 Å². The zero-order valence-electron chi connectivity index (χ0n) is 18.2. The first kappa shape index (κ1) is 21.8. The average Bonchev–Trinajstić information content (AvgIpc) is 2.81. The number of carbonyl (C=O) groups is 1. The summed E-state index contributed by atoms with van der Waals surface area (Å²) >= 11 is 0. The molecule has 0 bridgehead atoms. The number of carbonyl (C=O) groups excluding carboxylic acids is 1. The fourth-order valence-electron chi connectivity index (χ4n) is 4.07. The van der Waals surface area contributed by atoms with Crippen LogP contribution in [0.15, 0.2) is 59.5 Å². The first-order chi connectivity index (χ1) is 15.5. The van der Waals surface area contributed by atoms with Gasteiger partial charge >= 0.3 is 6.03 Å². The second-order valence-corrected chi connectivity index (χ2v) is 8.04. The number of benzene rings is 2. The summed E-state index contributed by atoms with van der Waals surface area (Å²) in [5.41, 5.74) is 1.57. The minimum Gasteiger partial charge on any atom is -0.369 e. The Labute approximate surface area is 186 Å². The number of hydrogen-bond acceptors (Lipinski definition) is 4. The first-order valence-corrected chi connectivity index (χ1v) is 10.9. The Balaban J connectivity index is 1.21. The second kappa shape index (κ2) is 9.82. The zero-order chi connectivity index (χ0) is 22.5. The molecule has 0 aliphatic carbocycles. The summed E-state index contributed by atoms with van der Waals surface area (Å²) in [6.45, 7) is 5.15. The van der Waals surface area contributed by atoms with E-state index >= 15 is 0 Å². The van der Waals surface area contributed by atoms with Crippen LogP contribution in [-0.2, 0) is 7.05 Å². The highest BCUT2D eigenvalue weighted by molar-refractivity contribution is 6.00. The third-order valence-electron chi connectivity index (χ3n) is 5.84. The summed E-state index contributed by atoms with van der Waals surface area (Å²) in [7, 11) is 1.67. The van der Waals surface area contributed by atoms with Gasteiger partial charge in [-0.2, -0.15) is 0 Å². The van der Waals surface area contributed by atoms with E-state index in [1.54, 1.807) is 19.3 Å². The fourth-order valence-corrected chi connectivity index (χ4v) is 4.07. The van der Waals surface area contributed by atoms with Gasteiger partial charge in [0, 0.05) is 62.4 Å². The highest BCUT2D eigenvalue weighted by Crippen LogP contribution is 2.20. The molecule has 1 fully saturated rings. The molecule has 4 rings (SSSR count). The predicted octanol–water partition coefficient (Wildman–Crippen LogP) is 3.01. The van der Waals surface area contributed by atoms with Gasteiger partial charge in [0.15, 0.2) is 0 Å². The maximum absolute atomic E-state index is 13.1. The maximum Gasteiger partial charge on any atom is 0.319 e. The van der Waals surface area contributed by atoms with Crippen LogP contribution >= 0.6 is 0 Å². The Morgan fingerprint density at radius 3 is 2.41 bits per heavy atom. The lowest BCUT2D eigenvalue weighted by Gasteiger charge is -2.36. The number of hydrogen-bond donors (Lipinski definition) is 2. The molecule has 0 radical (unpaired) electrons. The van der Waals surface area contributed by atoms with E-state index in [0.717, 1.165) is 50.2 Å². The molecule has 2 heterocycles. The van der Waals surface area contributed by atoms with Gasteiger partial charge in [0.1, 0.15) is 5.82 Å². The number of nitrogens with one attached hydrogen (secondary N) is 2. The lowest BCUT2D eigenvalue weighted by Crippen LogP contribution is -2.47. The molecule has 2 amide bonds. The molecule has 0 saturated carbocycles. The Morgan fingerprint density at radius 2 is 1.69 bits per heavy atom. The third-order valence-corrected chi connectivity index (χ3v) is 5.84. The molecule has 0 spiro atoms. The largest absolute Gasteiger partial charge is 0.369 e. The lowest BCUT2D eigenvalue weighted by atomic mass is 10.1. The molecule has 2 N–H and O–H groups in total. The third kappa shape index (κ3) is 5.08. The number of urea groups is 1. The summed E-state index contributed by atoms with van der Waals surface area (Å²) in [6, 6.07) is 13.6. The Kier molecular flexibility index (Phi) is 6.70. The van der Waals surface area contributed by atoms with Gasteiger partial charge in [0.05, 0.1) is 5.69 Å². The monoisotopic (exact) mass is 437 g/mol. The normalized spacial score (nSPS) is 14.5. The highest BCUT2D eigenvalue weighted by atomic mass is 19.1. The van der Waals surface area contributed by atoms with E-state index in [9.17, 15) is 14.0 Å². The molecule has 1 aliphatic heterocycles. The Morgan fingerprint density at radius 1 is 1.00 bits per heavy atom. The molecule has 7 nitrogen and oxygen atoms in total. The molecule has 2 aromatic carbocycles. The Hall–Kier alpha value is -3.39. The van der Waals surface area contributed by atoms with Crippen LogP contribution < -0.4 is 21.1 Å². The van der Waals surface area contributed by atoms with Crippen molar-refractivity contribution >= 4 is 28.2 Å². The van der Waals surface area contributed by atoms with Gasteiger partial charge in [0.25, 0.3) is 5.56 Å². The van der Waals surface area contributed by atoms with Crippen LogP contribution in [0.3, 0.4) is 0 Å². The number of amides is 2. The zero-order valence-corrected chi connectivity index (χ0v) is 18.2. The van der Waals surface area contributed by atoms with Gasteiger partial charge in [-0.3, -0.25) is 9.69 Å². The fraction of sp³-hybridized carbons (Fsp3) is 0.333. The summed E-state index contributed by atoms with van der Waals surface area (Å²) in [4.78, 5) is 29.3. The SMILES string of the molecule is Cn1cc(NC(=O)NCCCN2CCN(c3ccc(F)cc3)CC2)c2ccccc2c1=O. The number of rotatable bonds is 6. The van der Waals surface area contributed by atoms with Crippen LogP contribution in [0, 0.1) is 5.82 Å². The van der Waals surface area contributed by atoms with E-state index in [-0.39, 0.29) is 17.4 Å².